The lowest BCUT2D eigenvalue weighted by atomic mass is 10.3. The molecule has 0 fully saturated rings. The van der Waals surface area contributed by atoms with Gasteiger partial charge >= 0.3 is 5.97 Å². The Morgan fingerprint density at radius 2 is 2.14 bits per heavy atom. The summed E-state index contributed by atoms with van der Waals surface area (Å²) in [6, 6.07) is 0.130. The third-order valence-corrected chi connectivity index (χ3v) is 3.52. The van der Waals surface area contributed by atoms with E-state index in [1.165, 1.54) is 11.3 Å². The van der Waals surface area contributed by atoms with Gasteiger partial charge in [0.15, 0.2) is 0 Å². The fourth-order valence-corrected chi connectivity index (χ4v) is 2.45. The zero-order valence-electron chi connectivity index (χ0n) is 13.0. The molecule has 0 saturated carbocycles. The largest absolute Gasteiger partial charge is 0.461 e. The van der Waals surface area contributed by atoms with Crippen LogP contribution < -0.4 is 5.32 Å². The fourth-order valence-electron chi connectivity index (χ4n) is 1.75. The van der Waals surface area contributed by atoms with E-state index in [9.17, 15) is 9.59 Å². The number of hydrogen-bond donors (Lipinski definition) is 1. The van der Waals surface area contributed by atoms with Crippen LogP contribution in [-0.2, 0) is 16.1 Å². The molecule has 1 aromatic rings. The maximum atomic E-state index is 11.8. The van der Waals surface area contributed by atoms with Gasteiger partial charge in [-0.15, -0.1) is 11.3 Å². The molecule has 1 aromatic heterocycles. The number of amides is 1. The van der Waals surface area contributed by atoms with Gasteiger partial charge in [-0.1, -0.05) is 6.92 Å². The number of aromatic nitrogens is 1. The topological polar surface area (TPSA) is 71.5 Å². The predicted octanol–water partition coefficient (Wildman–Crippen LogP) is 1.67. The van der Waals surface area contributed by atoms with Crippen LogP contribution in [0.25, 0.3) is 0 Å². The maximum Gasteiger partial charge on any atom is 0.367 e. The molecule has 1 amide bonds. The van der Waals surface area contributed by atoms with E-state index in [0.29, 0.717) is 24.7 Å². The van der Waals surface area contributed by atoms with E-state index in [0.717, 1.165) is 12.2 Å². The lowest BCUT2D eigenvalue weighted by Crippen LogP contribution is -2.39. The Kier molecular flexibility index (Phi) is 7.31. The second-order valence-corrected chi connectivity index (χ2v) is 5.75. The highest BCUT2D eigenvalue weighted by molar-refractivity contribution is 7.11. The summed E-state index contributed by atoms with van der Waals surface area (Å²) in [5.74, 6) is -0.401. The molecule has 1 heterocycles. The molecule has 0 bridgehead atoms. The third kappa shape index (κ3) is 6.22. The Morgan fingerprint density at radius 3 is 2.71 bits per heavy atom. The molecule has 0 atom stereocenters. The highest BCUT2D eigenvalue weighted by Gasteiger charge is 2.15. The summed E-state index contributed by atoms with van der Waals surface area (Å²) in [4.78, 5) is 29.6. The van der Waals surface area contributed by atoms with E-state index in [4.69, 9.17) is 4.74 Å². The number of ether oxygens (including phenoxy) is 1. The predicted molar refractivity (Wildman–Crippen MR) is 82.3 cm³/mol. The van der Waals surface area contributed by atoms with Crippen molar-refractivity contribution in [1.82, 2.24) is 15.2 Å². The molecule has 0 aliphatic rings. The first-order chi connectivity index (χ1) is 9.96. The van der Waals surface area contributed by atoms with E-state index in [1.807, 2.05) is 31.1 Å². The van der Waals surface area contributed by atoms with Crippen molar-refractivity contribution in [1.29, 1.82) is 0 Å². The van der Waals surface area contributed by atoms with Crippen LogP contribution in [0.15, 0.2) is 5.38 Å². The minimum atomic E-state index is -0.394. The number of nitrogens with zero attached hydrogens (tertiary/aromatic N) is 2. The SMILES string of the molecule is CCOC(=O)c1nc(CN(CC)CC(=O)NC(C)C)cs1. The lowest BCUT2D eigenvalue weighted by molar-refractivity contribution is -0.122. The molecule has 1 N–H and O–H groups in total. The smallest absolute Gasteiger partial charge is 0.367 e. The van der Waals surface area contributed by atoms with E-state index in [1.54, 1.807) is 6.92 Å². The monoisotopic (exact) mass is 313 g/mol. The normalized spacial score (nSPS) is 11.0. The summed E-state index contributed by atoms with van der Waals surface area (Å²) in [5.41, 5.74) is 0.780. The molecule has 0 saturated heterocycles. The molecule has 118 valence electrons. The number of rotatable bonds is 8. The van der Waals surface area contributed by atoms with Crippen LogP contribution in [0.2, 0.25) is 0 Å². The van der Waals surface area contributed by atoms with Crippen LogP contribution in [0.3, 0.4) is 0 Å². The molecule has 0 aromatic carbocycles. The average molecular weight is 313 g/mol. The molecule has 0 aliphatic heterocycles. The molecule has 0 unspecified atom stereocenters. The highest BCUT2D eigenvalue weighted by Crippen LogP contribution is 2.13. The quantitative estimate of drug-likeness (QED) is 0.739. The van der Waals surface area contributed by atoms with Crippen molar-refractivity contribution in [3.05, 3.63) is 16.1 Å². The van der Waals surface area contributed by atoms with Gasteiger partial charge in [-0.3, -0.25) is 9.69 Å². The van der Waals surface area contributed by atoms with Crippen molar-refractivity contribution in [3.8, 4) is 0 Å². The van der Waals surface area contributed by atoms with Gasteiger partial charge in [-0.2, -0.15) is 0 Å². The van der Waals surface area contributed by atoms with Crippen molar-refractivity contribution in [2.75, 3.05) is 19.7 Å². The third-order valence-electron chi connectivity index (χ3n) is 2.65. The summed E-state index contributed by atoms with van der Waals surface area (Å²) < 4.78 is 4.91. The summed E-state index contributed by atoms with van der Waals surface area (Å²) in [6.45, 7) is 9.54. The van der Waals surface area contributed by atoms with Crippen LogP contribution in [0, 0.1) is 0 Å². The van der Waals surface area contributed by atoms with Gasteiger partial charge in [0, 0.05) is 18.0 Å². The van der Waals surface area contributed by atoms with Crippen LogP contribution in [0.5, 0.6) is 0 Å². The second-order valence-electron chi connectivity index (χ2n) is 4.89. The van der Waals surface area contributed by atoms with Crippen molar-refractivity contribution in [3.63, 3.8) is 0 Å². The average Bonchev–Trinajstić information content (AvgIpc) is 2.85. The summed E-state index contributed by atoms with van der Waals surface area (Å²) in [6.07, 6.45) is 0. The van der Waals surface area contributed by atoms with E-state index in [2.05, 4.69) is 10.3 Å². The highest BCUT2D eigenvalue weighted by atomic mass is 32.1. The Morgan fingerprint density at radius 1 is 1.43 bits per heavy atom. The van der Waals surface area contributed by atoms with Crippen molar-refractivity contribution >= 4 is 23.2 Å². The first kappa shape index (κ1) is 17.6. The van der Waals surface area contributed by atoms with Gasteiger partial charge in [-0.05, 0) is 27.3 Å². The Bertz CT molecular complexity index is 474. The molecule has 1 rings (SSSR count). The summed E-state index contributed by atoms with van der Waals surface area (Å²) in [5, 5.41) is 5.05. The number of likely N-dealkylation sites (N-methyl/N-ethyl adjacent to an activating group) is 1. The van der Waals surface area contributed by atoms with Gasteiger partial charge in [0.05, 0.1) is 18.8 Å². The Hall–Kier alpha value is -1.47. The maximum absolute atomic E-state index is 11.8. The number of carbonyl (C=O) groups is 2. The van der Waals surface area contributed by atoms with E-state index >= 15 is 0 Å². The molecule has 0 spiro atoms. The van der Waals surface area contributed by atoms with Crippen molar-refractivity contribution < 1.29 is 14.3 Å². The first-order valence-electron chi connectivity index (χ1n) is 7.09. The number of esters is 1. The van der Waals surface area contributed by atoms with Crippen molar-refractivity contribution in [2.45, 2.75) is 40.3 Å². The molecular formula is C14H23N3O3S. The fraction of sp³-hybridized carbons (Fsp3) is 0.643. The molecule has 21 heavy (non-hydrogen) atoms. The Balaban J connectivity index is 2.57. The van der Waals surface area contributed by atoms with Crippen LogP contribution in [0.1, 0.15) is 43.2 Å². The Labute approximate surface area is 129 Å². The number of hydrogen-bond acceptors (Lipinski definition) is 6. The minimum absolute atomic E-state index is 0.00676. The number of carbonyl (C=O) groups excluding carboxylic acids is 2. The zero-order chi connectivity index (χ0) is 15.8. The van der Waals surface area contributed by atoms with Gasteiger partial charge < -0.3 is 10.1 Å². The molecule has 7 heteroatoms. The molecule has 0 radical (unpaired) electrons. The summed E-state index contributed by atoms with van der Waals surface area (Å²) >= 11 is 1.27. The van der Waals surface area contributed by atoms with Gasteiger partial charge in [0.25, 0.3) is 0 Å². The van der Waals surface area contributed by atoms with Gasteiger partial charge in [0.1, 0.15) is 0 Å². The number of thiazole rings is 1. The number of nitrogens with one attached hydrogen (secondary N) is 1. The van der Waals surface area contributed by atoms with Crippen LogP contribution in [0.4, 0.5) is 0 Å². The second kappa shape index (κ2) is 8.74. The standard InChI is InChI=1S/C14H23N3O3S/c1-5-17(8-12(18)15-10(3)4)7-11-9-21-13(16-11)14(19)20-6-2/h9-10H,5-8H2,1-4H3,(H,15,18). The van der Waals surface area contributed by atoms with Gasteiger partial charge in [-0.25, -0.2) is 9.78 Å². The molecular weight excluding hydrogens is 290 g/mol. The van der Waals surface area contributed by atoms with E-state index in [-0.39, 0.29) is 11.9 Å². The van der Waals surface area contributed by atoms with Gasteiger partial charge in [0.2, 0.25) is 10.9 Å². The molecule has 0 aliphatic carbocycles. The first-order valence-corrected chi connectivity index (χ1v) is 7.97. The van der Waals surface area contributed by atoms with E-state index < -0.39 is 5.97 Å². The zero-order valence-corrected chi connectivity index (χ0v) is 13.8. The molecule has 6 nitrogen and oxygen atoms in total. The lowest BCUT2D eigenvalue weighted by Gasteiger charge is -2.19. The minimum Gasteiger partial charge on any atom is -0.461 e. The van der Waals surface area contributed by atoms with Crippen LogP contribution in [-0.4, -0.2) is 47.5 Å². The summed E-state index contributed by atoms with van der Waals surface area (Å²) in [7, 11) is 0. The van der Waals surface area contributed by atoms with Crippen LogP contribution >= 0.6 is 11.3 Å². The van der Waals surface area contributed by atoms with Crippen molar-refractivity contribution in [2.24, 2.45) is 0 Å².